The Labute approximate surface area is 206 Å². The van der Waals surface area contributed by atoms with Crippen molar-refractivity contribution in [3.05, 3.63) is 99.6 Å². The topological polar surface area (TPSA) is 144 Å². The van der Waals surface area contributed by atoms with Gasteiger partial charge in [-0.2, -0.15) is 0 Å². The first-order valence-corrected chi connectivity index (χ1v) is 10.4. The van der Waals surface area contributed by atoms with E-state index in [0.29, 0.717) is 34.3 Å². The highest BCUT2D eigenvalue weighted by Crippen LogP contribution is 2.33. The van der Waals surface area contributed by atoms with E-state index in [1.54, 1.807) is 18.2 Å². The first-order chi connectivity index (χ1) is 16.4. The molecule has 4 rings (SSSR count). The summed E-state index contributed by atoms with van der Waals surface area (Å²) in [4.78, 5) is 30.1. The lowest BCUT2D eigenvalue weighted by Crippen LogP contribution is -2.33. The summed E-state index contributed by atoms with van der Waals surface area (Å²) in [6, 6.07) is 20.0. The highest BCUT2D eigenvalue weighted by atomic mass is 35.5. The van der Waals surface area contributed by atoms with Crippen LogP contribution in [-0.2, 0) is 16.0 Å². The maximum absolute atomic E-state index is 11.6. The van der Waals surface area contributed by atoms with Gasteiger partial charge in [0.15, 0.2) is 5.88 Å². The number of benzene rings is 3. The number of hydrogen-bond donors (Lipinski definition) is 3. The number of methoxy groups -OCH3 is 1. The number of hydrogen-bond acceptors (Lipinski definition) is 7. The molecule has 0 fully saturated rings. The lowest BCUT2D eigenvalue weighted by atomic mass is 10.0. The molecule has 4 aromatic rings. The molecule has 0 bridgehead atoms. The van der Waals surface area contributed by atoms with Gasteiger partial charge in [-0.05, 0) is 30.2 Å². The van der Waals surface area contributed by atoms with Crippen LogP contribution in [0.4, 0.5) is 11.4 Å². The van der Waals surface area contributed by atoms with Crippen molar-refractivity contribution in [2.45, 2.75) is 12.5 Å². The SMILES string of the molecule is COC(=O)C(N)Cc1ccc(N=C(c2ccccc2)c2c(O)[nH]c3ccc([N+](=O)[O-])cc23)cc1.Cl. The molecule has 35 heavy (non-hydrogen) atoms. The van der Waals surface area contributed by atoms with E-state index >= 15 is 0 Å². The van der Waals surface area contributed by atoms with Crippen LogP contribution in [0.25, 0.3) is 10.9 Å². The van der Waals surface area contributed by atoms with E-state index < -0.39 is 16.9 Å². The molecule has 0 aliphatic rings. The van der Waals surface area contributed by atoms with Crippen LogP contribution in [0.1, 0.15) is 16.7 Å². The summed E-state index contributed by atoms with van der Waals surface area (Å²) in [5.41, 5.74) is 9.26. The fraction of sp³-hybridized carbons (Fsp3) is 0.120. The third kappa shape index (κ3) is 5.48. The lowest BCUT2D eigenvalue weighted by Gasteiger charge is -2.10. The molecule has 0 saturated carbocycles. The van der Waals surface area contributed by atoms with Crippen molar-refractivity contribution in [1.29, 1.82) is 0 Å². The van der Waals surface area contributed by atoms with Crippen molar-refractivity contribution in [2.24, 2.45) is 10.7 Å². The van der Waals surface area contributed by atoms with Gasteiger partial charge in [0.2, 0.25) is 0 Å². The number of non-ortho nitro benzene ring substituents is 1. The monoisotopic (exact) mass is 494 g/mol. The van der Waals surface area contributed by atoms with Crippen LogP contribution in [0.2, 0.25) is 0 Å². The zero-order valence-corrected chi connectivity index (χ0v) is 19.5. The van der Waals surface area contributed by atoms with Gasteiger partial charge < -0.3 is 20.6 Å². The Morgan fingerprint density at radius 3 is 2.46 bits per heavy atom. The number of halogens is 1. The summed E-state index contributed by atoms with van der Waals surface area (Å²) >= 11 is 0. The number of esters is 1. The average Bonchev–Trinajstić information content (AvgIpc) is 3.18. The number of H-pyrrole nitrogens is 1. The third-order valence-corrected chi connectivity index (χ3v) is 5.39. The summed E-state index contributed by atoms with van der Waals surface area (Å²) in [5, 5.41) is 22.5. The second-order valence-electron chi connectivity index (χ2n) is 7.66. The molecular weight excluding hydrogens is 472 g/mol. The molecular formula is C25H23ClN4O5. The Bertz CT molecular complexity index is 1380. The van der Waals surface area contributed by atoms with E-state index in [-0.39, 0.29) is 24.0 Å². The summed E-state index contributed by atoms with van der Waals surface area (Å²) in [6.07, 6.45) is 0.315. The minimum absolute atomic E-state index is 0. The number of nitrogens with one attached hydrogen (secondary N) is 1. The van der Waals surface area contributed by atoms with Crippen molar-refractivity contribution < 1.29 is 19.6 Å². The number of nitrogens with two attached hydrogens (primary N) is 1. The Kier molecular flexibility index (Phi) is 7.85. The van der Waals surface area contributed by atoms with Crippen molar-refractivity contribution in [2.75, 3.05) is 7.11 Å². The van der Waals surface area contributed by atoms with Crippen LogP contribution >= 0.6 is 12.4 Å². The van der Waals surface area contributed by atoms with Gasteiger partial charge in [0.25, 0.3) is 5.69 Å². The number of aromatic amines is 1. The summed E-state index contributed by atoms with van der Waals surface area (Å²) in [6.45, 7) is 0. The van der Waals surface area contributed by atoms with Crippen LogP contribution < -0.4 is 5.73 Å². The maximum atomic E-state index is 11.6. The number of rotatable bonds is 7. The van der Waals surface area contributed by atoms with Gasteiger partial charge in [-0.3, -0.25) is 14.9 Å². The summed E-state index contributed by atoms with van der Waals surface area (Å²) < 4.78 is 4.67. The predicted molar refractivity (Wildman–Crippen MR) is 136 cm³/mol. The number of fused-ring (bicyclic) bond motifs is 1. The molecule has 0 radical (unpaired) electrons. The Morgan fingerprint density at radius 1 is 1.14 bits per heavy atom. The highest BCUT2D eigenvalue weighted by Gasteiger charge is 2.21. The molecule has 0 aliphatic heterocycles. The molecule has 0 saturated heterocycles. The van der Waals surface area contributed by atoms with E-state index in [1.807, 2.05) is 42.5 Å². The van der Waals surface area contributed by atoms with Gasteiger partial charge in [0, 0.05) is 28.6 Å². The number of aromatic hydroxyl groups is 1. The number of carbonyl (C=O) groups is 1. The van der Waals surface area contributed by atoms with Gasteiger partial charge in [0.05, 0.1) is 29.0 Å². The molecule has 3 aromatic carbocycles. The molecule has 9 nitrogen and oxygen atoms in total. The predicted octanol–water partition coefficient (Wildman–Crippen LogP) is 4.42. The number of nitro benzene ring substituents is 1. The molecule has 1 unspecified atom stereocenters. The molecule has 10 heteroatoms. The van der Waals surface area contributed by atoms with Gasteiger partial charge in [0.1, 0.15) is 6.04 Å². The van der Waals surface area contributed by atoms with E-state index in [1.165, 1.54) is 19.2 Å². The molecule has 1 heterocycles. The number of aromatic nitrogens is 1. The highest BCUT2D eigenvalue weighted by molar-refractivity contribution is 6.22. The van der Waals surface area contributed by atoms with E-state index in [0.717, 1.165) is 11.1 Å². The molecule has 0 spiro atoms. The zero-order valence-electron chi connectivity index (χ0n) is 18.7. The molecule has 180 valence electrons. The number of ether oxygens (including phenoxy) is 1. The van der Waals surface area contributed by atoms with E-state index in [4.69, 9.17) is 10.7 Å². The molecule has 0 aliphatic carbocycles. The zero-order chi connectivity index (χ0) is 24.2. The van der Waals surface area contributed by atoms with Crippen LogP contribution in [0.15, 0.2) is 77.8 Å². The molecule has 4 N–H and O–H groups in total. The summed E-state index contributed by atoms with van der Waals surface area (Å²) in [7, 11) is 1.29. The Morgan fingerprint density at radius 2 is 1.83 bits per heavy atom. The van der Waals surface area contributed by atoms with Crippen LogP contribution in [-0.4, -0.2) is 39.8 Å². The number of carbonyl (C=O) groups excluding carboxylic acids is 1. The fourth-order valence-electron chi connectivity index (χ4n) is 3.70. The molecule has 1 atom stereocenters. The first-order valence-electron chi connectivity index (χ1n) is 10.4. The Balaban J connectivity index is 0.00000342. The quantitative estimate of drug-likeness (QED) is 0.150. The van der Waals surface area contributed by atoms with Gasteiger partial charge in [-0.1, -0.05) is 42.5 Å². The summed E-state index contributed by atoms with van der Waals surface area (Å²) in [5.74, 6) is -0.629. The van der Waals surface area contributed by atoms with Crippen molar-refractivity contribution in [3.63, 3.8) is 0 Å². The van der Waals surface area contributed by atoms with Crippen molar-refractivity contribution in [3.8, 4) is 5.88 Å². The number of nitro groups is 1. The van der Waals surface area contributed by atoms with Crippen LogP contribution in [0.5, 0.6) is 5.88 Å². The number of aliphatic imine (C=N–C) groups is 1. The van der Waals surface area contributed by atoms with Crippen LogP contribution in [0.3, 0.4) is 0 Å². The number of nitrogens with zero attached hydrogens (tertiary/aromatic N) is 2. The van der Waals surface area contributed by atoms with Gasteiger partial charge >= 0.3 is 5.97 Å². The first kappa shape index (κ1) is 25.4. The van der Waals surface area contributed by atoms with Crippen molar-refractivity contribution >= 4 is 46.4 Å². The average molecular weight is 495 g/mol. The largest absolute Gasteiger partial charge is 0.494 e. The van der Waals surface area contributed by atoms with Crippen LogP contribution in [0, 0.1) is 10.1 Å². The molecule has 1 aromatic heterocycles. The lowest BCUT2D eigenvalue weighted by molar-refractivity contribution is -0.384. The second-order valence-corrected chi connectivity index (χ2v) is 7.66. The normalized spacial score (nSPS) is 12.1. The van der Waals surface area contributed by atoms with E-state index in [9.17, 15) is 20.0 Å². The molecule has 0 amide bonds. The second kappa shape index (κ2) is 10.8. The Hall–Kier alpha value is -4.21. The fourth-order valence-corrected chi connectivity index (χ4v) is 3.70. The third-order valence-electron chi connectivity index (χ3n) is 5.39. The smallest absolute Gasteiger partial charge is 0.322 e. The minimum atomic E-state index is -0.766. The van der Waals surface area contributed by atoms with Gasteiger partial charge in [-0.15, -0.1) is 12.4 Å². The standard InChI is InChI=1S/C25H22N4O5.ClH/c1-34-25(31)20(26)13-15-7-9-17(10-8-15)27-23(16-5-3-2-4-6-16)22-19-14-18(29(32)33)11-12-21(19)28-24(22)30;/h2-12,14,20,28,30H,13,26H2,1H3;1H. The minimum Gasteiger partial charge on any atom is -0.494 e. The van der Waals surface area contributed by atoms with Gasteiger partial charge in [-0.25, -0.2) is 4.99 Å². The van der Waals surface area contributed by atoms with E-state index in [2.05, 4.69) is 9.72 Å². The van der Waals surface area contributed by atoms with Crippen molar-refractivity contribution in [1.82, 2.24) is 4.98 Å². The maximum Gasteiger partial charge on any atom is 0.322 e.